The van der Waals surface area contributed by atoms with Crippen LogP contribution in [0, 0.1) is 0 Å². The van der Waals surface area contributed by atoms with E-state index in [2.05, 4.69) is 33.4 Å². The number of benzene rings is 1. The van der Waals surface area contributed by atoms with Crippen LogP contribution in [0.4, 0.5) is 0 Å². The number of hydrogen-bond acceptors (Lipinski definition) is 2. The fourth-order valence-electron chi connectivity index (χ4n) is 4.39. The molecule has 202 valence electrons. The molecule has 1 rings (SSSR count). The summed E-state index contributed by atoms with van der Waals surface area (Å²) in [4.78, 5) is 12.3. The highest BCUT2D eigenvalue weighted by Gasteiger charge is 2.11. The summed E-state index contributed by atoms with van der Waals surface area (Å²) in [6.45, 7) is 4.64. The standard InChI is InChI=1S/C31H56N2O2/c1-5-6-7-8-9-10-11-12-13-14-15-16-17-18-19-22-27-35-30-24-21-20-23-29(30)28-31(34)32-25-26-33(2,3)4/h20-21,23-24H,5-19,22,25-28H2,1-4H3/p+1. The number of para-hydroxylation sites is 1. The molecule has 0 fully saturated rings. The van der Waals surface area contributed by atoms with E-state index >= 15 is 0 Å². The summed E-state index contributed by atoms with van der Waals surface area (Å²) >= 11 is 0. The number of unbranched alkanes of at least 4 members (excludes halogenated alkanes) is 15. The normalized spacial score (nSPS) is 11.5. The molecule has 0 saturated carbocycles. The highest BCUT2D eigenvalue weighted by molar-refractivity contribution is 5.79. The van der Waals surface area contributed by atoms with Crippen molar-refractivity contribution in [1.82, 2.24) is 5.32 Å². The molecule has 4 heteroatoms. The summed E-state index contributed by atoms with van der Waals surface area (Å²) in [5.74, 6) is 0.923. The van der Waals surface area contributed by atoms with Gasteiger partial charge in [-0.25, -0.2) is 0 Å². The van der Waals surface area contributed by atoms with Crippen molar-refractivity contribution < 1.29 is 14.0 Å². The van der Waals surface area contributed by atoms with Gasteiger partial charge in [0, 0.05) is 5.56 Å². The SMILES string of the molecule is CCCCCCCCCCCCCCCCCCOc1ccccc1CC(=O)NCC[N+](C)(C)C. The van der Waals surface area contributed by atoms with Gasteiger partial charge >= 0.3 is 0 Å². The minimum absolute atomic E-state index is 0.0666. The molecule has 0 aliphatic carbocycles. The Bertz CT molecular complexity index is 639. The summed E-state index contributed by atoms with van der Waals surface area (Å²) in [7, 11) is 6.40. The number of carbonyl (C=O) groups is 1. The largest absolute Gasteiger partial charge is 0.493 e. The zero-order chi connectivity index (χ0) is 25.6. The van der Waals surface area contributed by atoms with Crippen molar-refractivity contribution in [3.05, 3.63) is 29.8 Å². The van der Waals surface area contributed by atoms with Gasteiger partial charge in [-0.15, -0.1) is 0 Å². The fraction of sp³-hybridized carbons (Fsp3) is 0.774. The molecule has 0 spiro atoms. The van der Waals surface area contributed by atoms with Crippen LogP contribution in [0.15, 0.2) is 24.3 Å². The van der Waals surface area contributed by atoms with Crippen LogP contribution in [0.2, 0.25) is 0 Å². The molecule has 1 amide bonds. The predicted molar refractivity (Wildman–Crippen MR) is 151 cm³/mol. The van der Waals surface area contributed by atoms with Gasteiger partial charge in [0.25, 0.3) is 0 Å². The molecule has 0 aliphatic heterocycles. The first-order valence-corrected chi connectivity index (χ1v) is 14.7. The maximum atomic E-state index is 12.3. The van der Waals surface area contributed by atoms with Crippen molar-refractivity contribution in [2.24, 2.45) is 0 Å². The highest BCUT2D eigenvalue weighted by Crippen LogP contribution is 2.19. The molecule has 1 aromatic rings. The molecule has 0 heterocycles. The molecular formula is C31H57N2O2+. The quantitative estimate of drug-likeness (QED) is 0.126. The number of ether oxygens (including phenoxy) is 1. The van der Waals surface area contributed by atoms with Crippen molar-refractivity contribution >= 4 is 5.91 Å². The van der Waals surface area contributed by atoms with Crippen LogP contribution >= 0.6 is 0 Å². The van der Waals surface area contributed by atoms with Gasteiger partial charge in [-0.3, -0.25) is 4.79 Å². The second-order valence-corrected chi connectivity index (χ2v) is 11.3. The molecule has 35 heavy (non-hydrogen) atoms. The Morgan fingerprint density at radius 2 is 1.23 bits per heavy atom. The first kappa shape index (κ1) is 31.5. The van der Waals surface area contributed by atoms with Crippen molar-refractivity contribution in [2.75, 3.05) is 40.8 Å². The van der Waals surface area contributed by atoms with E-state index in [1.54, 1.807) is 0 Å². The molecule has 0 bridgehead atoms. The van der Waals surface area contributed by atoms with Crippen LogP contribution in [0.5, 0.6) is 5.75 Å². The third-order valence-electron chi connectivity index (χ3n) is 6.68. The average molecular weight is 490 g/mol. The van der Waals surface area contributed by atoms with Crippen LogP contribution in [0.3, 0.4) is 0 Å². The van der Waals surface area contributed by atoms with Crippen molar-refractivity contribution in [2.45, 2.75) is 116 Å². The maximum absolute atomic E-state index is 12.3. The van der Waals surface area contributed by atoms with E-state index < -0.39 is 0 Å². The van der Waals surface area contributed by atoms with Gasteiger partial charge in [-0.2, -0.15) is 0 Å². The predicted octanol–water partition coefficient (Wildman–Crippen LogP) is 7.69. The van der Waals surface area contributed by atoms with E-state index in [9.17, 15) is 4.79 Å². The number of hydrogen-bond donors (Lipinski definition) is 1. The lowest BCUT2D eigenvalue weighted by atomic mass is 10.0. The smallest absolute Gasteiger partial charge is 0.224 e. The first-order chi connectivity index (χ1) is 16.9. The van der Waals surface area contributed by atoms with Crippen LogP contribution < -0.4 is 10.1 Å². The Balaban J connectivity index is 2.00. The summed E-state index contributed by atoms with van der Waals surface area (Å²) < 4.78 is 6.88. The topological polar surface area (TPSA) is 38.3 Å². The second-order valence-electron chi connectivity index (χ2n) is 11.3. The Labute approximate surface area is 217 Å². The maximum Gasteiger partial charge on any atom is 0.224 e. The van der Waals surface area contributed by atoms with Crippen LogP contribution in [0.25, 0.3) is 0 Å². The Morgan fingerprint density at radius 1 is 0.743 bits per heavy atom. The number of likely N-dealkylation sites (N-methyl/N-ethyl adjacent to an activating group) is 1. The molecular weight excluding hydrogens is 432 g/mol. The molecule has 0 aliphatic rings. The molecule has 1 N–H and O–H groups in total. The van der Waals surface area contributed by atoms with Crippen molar-refractivity contribution in [3.63, 3.8) is 0 Å². The lowest BCUT2D eigenvalue weighted by Crippen LogP contribution is -2.42. The lowest BCUT2D eigenvalue weighted by Gasteiger charge is -2.23. The minimum Gasteiger partial charge on any atom is -0.493 e. The molecule has 0 atom stereocenters. The summed E-state index contributed by atoms with van der Waals surface area (Å²) in [6.07, 6.45) is 22.4. The molecule has 0 radical (unpaired) electrons. The fourth-order valence-corrected chi connectivity index (χ4v) is 4.39. The first-order valence-electron chi connectivity index (χ1n) is 14.7. The number of rotatable bonds is 23. The van der Waals surface area contributed by atoms with E-state index in [1.807, 2.05) is 24.3 Å². The van der Waals surface area contributed by atoms with Crippen LogP contribution in [-0.2, 0) is 11.2 Å². The van der Waals surface area contributed by atoms with E-state index in [0.29, 0.717) is 13.0 Å². The van der Waals surface area contributed by atoms with E-state index in [1.165, 1.54) is 96.3 Å². The zero-order valence-electron chi connectivity index (χ0n) is 23.7. The third kappa shape index (κ3) is 19.3. The zero-order valence-corrected chi connectivity index (χ0v) is 23.7. The number of amides is 1. The van der Waals surface area contributed by atoms with Gasteiger partial charge in [-0.1, -0.05) is 121 Å². The molecule has 1 aromatic carbocycles. The lowest BCUT2D eigenvalue weighted by molar-refractivity contribution is -0.869. The monoisotopic (exact) mass is 489 g/mol. The van der Waals surface area contributed by atoms with Crippen LogP contribution in [-0.4, -0.2) is 51.2 Å². The third-order valence-corrected chi connectivity index (χ3v) is 6.68. The summed E-state index contributed by atoms with van der Waals surface area (Å²) in [5.41, 5.74) is 0.978. The average Bonchev–Trinajstić information content (AvgIpc) is 2.81. The van der Waals surface area contributed by atoms with E-state index in [-0.39, 0.29) is 5.91 Å². The van der Waals surface area contributed by atoms with Gasteiger partial charge in [0.1, 0.15) is 5.75 Å². The van der Waals surface area contributed by atoms with Crippen LogP contribution in [0.1, 0.15) is 115 Å². The molecule has 0 unspecified atom stereocenters. The number of quaternary nitrogens is 1. The number of carbonyl (C=O) groups excluding carboxylic acids is 1. The van der Waals surface area contributed by atoms with E-state index in [0.717, 1.165) is 35.4 Å². The number of nitrogens with one attached hydrogen (secondary N) is 1. The second kappa shape index (κ2) is 20.6. The number of nitrogens with zero attached hydrogens (tertiary/aromatic N) is 1. The highest BCUT2D eigenvalue weighted by atomic mass is 16.5. The molecule has 0 aromatic heterocycles. The Hall–Kier alpha value is -1.55. The van der Waals surface area contributed by atoms with Gasteiger partial charge < -0.3 is 14.5 Å². The van der Waals surface area contributed by atoms with Gasteiger partial charge in [0.05, 0.1) is 47.3 Å². The van der Waals surface area contributed by atoms with Crippen molar-refractivity contribution in [1.29, 1.82) is 0 Å². The summed E-state index contributed by atoms with van der Waals surface area (Å²) in [6, 6.07) is 7.96. The van der Waals surface area contributed by atoms with Gasteiger partial charge in [0.15, 0.2) is 0 Å². The summed E-state index contributed by atoms with van der Waals surface area (Å²) in [5, 5.41) is 3.03. The van der Waals surface area contributed by atoms with Crippen molar-refractivity contribution in [3.8, 4) is 5.75 Å². The van der Waals surface area contributed by atoms with E-state index in [4.69, 9.17) is 4.74 Å². The van der Waals surface area contributed by atoms with Gasteiger partial charge in [0.2, 0.25) is 5.91 Å². The molecule has 0 saturated heterocycles. The molecule has 4 nitrogen and oxygen atoms in total. The Morgan fingerprint density at radius 3 is 1.74 bits per heavy atom. The minimum atomic E-state index is 0.0666. The Kier molecular flexibility index (Phi) is 18.5. The van der Waals surface area contributed by atoms with Gasteiger partial charge in [-0.05, 0) is 12.5 Å².